The Hall–Kier alpha value is -2.25. The van der Waals surface area contributed by atoms with Gasteiger partial charge in [0, 0.05) is 19.5 Å². The van der Waals surface area contributed by atoms with E-state index >= 15 is 0 Å². The molecule has 1 unspecified atom stereocenters. The van der Waals surface area contributed by atoms with Gasteiger partial charge in [0.25, 0.3) is 0 Å². The lowest BCUT2D eigenvalue weighted by molar-refractivity contribution is -0.132. The number of nitrogens with zero attached hydrogens (tertiary/aromatic N) is 2. The number of nitrogens with one attached hydrogen (secondary N) is 1. The SMILES string of the molecule is CC(C)(C)CC(=O)N1CCC(O)C1.Cc1ncsc1-c1ccc([C@H](C)NC=O)cc1. The zero-order valence-corrected chi connectivity index (χ0v) is 19.3. The number of carbonyl (C=O) groups excluding carboxylic acids is 2. The molecule has 2 N–H and O–H groups in total. The predicted molar refractivity (Wildman–Crippen MR) is 121 cm³/mol. The molecule has 1 aromatic heterocycles. The van der Waals surface area contributed by atoms with Gasteiger partial charge in [-0.15, -0.1) is 11.3 Å². The Morgan fingerprint density at radius 3 is 2.50 bits per heavy atom. The summed E-state index contributed by atoms with van der Waals surface area (Å²) >= 11 is 1.64. The number of benzene rings is 1. The van der Waals surface area contributed by atoms with Gasteiger partial charge in [-0.2, -0.15) is 0 Å². The maximum Gasteiger partial charge on any atom is 0.223 e. The molecular weight excluding hydrogens is 398 g/mol. The van der Waals surface area contributed by atoms with Crippen molar-refractivity contribution in [2.45, 2.75) is 59.6 Å². The number of aliphatic hydroxyl groups is 1. The number of hydrogen-bond donors (Lipinski definition) is 2. The number of aryl methyl sites for hydroxylation is 1. The van der Waals surface area contributed by atoms with Gasteiger partial charge in [0.15, 0.2) is 0 Å². The van der Waals surface area contributed by atoms with Crippen LogP contribution in [0.5, 0.6) is 0 Å². The minimum absolute atomic E-state index is 0.0455. The summed E-state index contributed by atoms with van der Waals surface area (Å²) < 4.78 is 0. The summed E-state index contributed by atoms with van der Waals surface area (Å²) in [6.45, 7) is 11.4. The van der Waals surface area contributed by atoms with Crippen molar-refractivity contribution >= 4 is 23.7 Å². The third-order valence-electron chi connectivity index (χ3n) is 4.93. The number of thiazole rings is 1. The Labute approximate surface area is 183 Å². The lowest BCUT2D eigenvalue weighted by Crippen LogP contribution is -2.32. The second kappa shape index (κ2) is 10.7. The fourth-order valence-electron chi connectivity index (χ4n) is 3.23. The number of rotatable bonds is 5. The number of hydrogen-bond acceptors (Lipinski definition) is 5. The van der Waals surface area contributed by atoms with E-state index in [-0.39, 0.29) is 23.5 Å². The van der Waals surface area contributed by atoms with Gasteiger partial charge in [-0.1, -0.05) is 45.0 Å². The Morgan fingerprint density at radius 2 is 2.03 bits per heavy atom. The summed E-state index contributed by atoms with van der Waals surface area (Å²) in [5.74, 6) is 0.170. The van der Waals surface area contributed by atoms with Crippen LogP contribution < -0.4 is 5.32 Å². The monoisotopic (exact) mass is 431 g/mol. The zero-order valence-electron chi connectivity index (χ0n) is 18.5. The van der Waals surface area contributed by atoms with Crippen molar-refractivity contribution in [1.29, 1.82) is 0 Å². The maximum atomic E-state index is 11.6. The van der Waals surface area contributed by atoms with E-state index in [1.807, 2.05) is 31.5 Å². The van der Waals surface area contributed by atoms with Gasteiger partial charge >= 0.3 is 0 Å². The van der Waals surface area contributed by atoms with Crippen LogP contribution in [0.1, 0.15) is 57.8 Å². The largest absolute Gasteiger partial charge is 0.391 e. The average molecular weight is 432 g/mol. The lowest BCUT2D eigenvalue weighted by atomic mass is 9.92. The second-order valence-corrected chi connectivity index (χ2v) is 9.77. The summed E-state index contributed by atoms with van der Waals surface area (Å²) in [5.41, 5.74) is 5.23. The lowest BCUT2D eigenvalue weighted by Gasteiger charge is -2.22. The second-order valence-electron chi connectivity index (χ2n) is 8.91. The molecule has 1 saturated heterocycles. The number of carbonyl (C=O) groups is 2. The van der Waals surface area contributed by atoms with E-state index in [2.05, 4.69) is 43.2 Å². The highest BCUT2D eigenvalue weighted by molar-refractivity contribution is 7.13. The fourth-order valence-corrected chi connectivity index (χ4v) is 4.05. The molecular formula is C23H33N3O3S. The van der Waals surface area contributed by atoms with Crippen molar-refractivity contribution in [3.63, 3.8) is 0 Å². The summed E-state index contributed by atoms with van der Waals surface area (Å²) in [4.78, 5) is 29.2. The standard InChI is InChI=1S/C13H14N2OS.C10H19NO2/c1-9(14-7-16)11-3-5-12(6-4-11)13-10(2)15-8-17-13;1-10(2,3)6-9(13)11-5-4-8(12)7-11/h3-9H,1-2H3,(H,14,16);8,12H,4-7H2,1-3H3/t9-;/m0./s1. The third-order valence-corrected chi connectivity index (χ3v) is 5.91. The highest BCUT2D eigenvalue weighted by atomic mass is 32.1. The predicted octanol–water partition coefficient (Wildman–Crippen LogP) is 3.94. The smallest absolute Gasteiger partial charge is 0.223 e. The fraction of sp³-hybridized carbons (Fsp3) is 0.522. The Morgan fingerprint density at radius 1 is 1.37 bits per heavy atom. The normalized spacial score (nSPS) is 17.1. The Balaban J connectivity index is 0.000000222. The van der Waals surface area contributed by atoms with Crippen LogP contribution in [0, 0.1) is 12.3 Å². The molecule has 2 atom stereocenters. The topological polar surface area (TPSA) is 82.5 Å². The molecule has 1 aliphatic rings. The summed E-state index contributed by atoms with van der Waals surface area (Å²) in [6.07, 6.45) is 1.73. The first-order valence-electron chi connectivity index (χ1n) is 10.3. The molecule has 164 valence electrons. The van der Waals surface area contributed by atoms with Crippen LogP contribution in [-0.2, 0) is 9.59 Å². The van der Waals surface area contributed by atoms with E-state index in [1.54, 1.807) is 16.2 Å². The van der Waals surface area contributed by atoms with Crippen molar-refractivity contribution in [2.24, 2.45) is 5.41 Å². The molecule has 1 aliphatic heterocycles. The summed E-state index contributed by atoms with van der Waals surface area (Å²) in [6, 6.07) is 8.26. The van der Waals surface area contributed by atoms with Crippen LogP contribution in [0.4, 0.5) is 0 Å². The van der Waals surface area contributed by atoms with E-state index in [0.29, 0.717) is 13.0 Å². The minimum atomic E-state index is -0.302. The molecule has 0 radical (unpaired) electrons. The van der Waals surface area contributed by atoms with Crippen molar-refractivity contribution in [2.75, 3.05) is 13.1 Å². The molecule has 30 heavy (non-hydrogen) atoms. The van der Waals surface area contributed by atoms with Gasteiger partial charge in [0.05, 0.1) is 28.2 Å². The molecule has 0 spiro atoms. The molecule has 2 heterocycles. The van der Waals surface area contributed by atoms with Crippen molar-refractivity contribution < 1.29 is 14.7 Å². The molecule has 6 nitrogen and oxygen atoms in total. The number of amides is 2. The van der Waals surface area contributed by atoms with Crippen molar-refractivity contribution in [3.8, 4) is 10.4 Å². The maximum absolute atomic E-state index is 11.6. The summed E-state index contributed by atoms with van der Waals surface area (Å²) in [5, 5.41) is 12.0. The van der Waals surface area contributed by atoms with Crippen molar-refractivity contribution in [1.82, 2.24) is 15.2 Å². The van der Waals surface area contributed by atoms with E-state index in [9.17, 15) is 14.7 Å². The van der Waals surface area contributed by atoms with Gasteiger partial charge in [-0.3, -0.25) is 9.59 Å². The summed E-state index contributed by atoms with van der Waals surface area (Å²) in [7, 11) is 0. The molecule has 1 fully saturated rings. The highest BCUT2D eigenvalue weighted by Crippen LogP contribution is 2.28. The number of aliphatic hydroxyl groups excluding tert-OH is 1. The molecule has 2 amide bonds. The molecule has 0 saturated carbocycles. The zero-order chi connectivity index (χ0) is 22.3. The first-order valence-corrected chi connectivity index (χ1v) is 11.1. The van der Waals surface area contributed by atoms with Gasteiger partial charge in [-0.05, 0) is 36.8 Å². The van der Waals surface area contributed by atoms with E-state index in [4.69, 9.17) is 0 Å². The minimum Gasteiger partial charge on any atom is -0.391 e. The molecule has 2 aromatic rings. The number of aromatic nitrogens is 1. The van der Waals surface area contributed by atoms with Crippen LogP contribution in [-0.4, -0.2) is 46.5 Å². The van der Waals surface area contributed by atoms with Crippen LogP contribution in [0.15, 0.2) is 29.8 Å². The number of β-amino-alcohol motifs (C(OH)–C–C–N with tert-alkyl or cyclic N) is 1. The van der Waals surface area contributed by atoms with E-state index in [0.717, 1.165) is 30.6 Å². The van der Waals surface area contributed by atoms with Gasteiger partial charge in [-0.25, -0.2) is 4.98 Å². The third kappa shape index (κ3) is 7.22. The first-order chi connectivity index (χ1) is 14.1. The van der Waals surface area contributed by atoms with E-state index < -0.39 is 0 Å². The first kappa shape index (κ1) is 24.0. The molecule has 0 bridgehead atoms. The highest BCUT2D eigenvalue weighted by Gasteiger charge is 2.27. The van der Waals surface area contributed by atoms with Crippen LogP contribution >= 0.6 is 11.3 Å². The van der Waals surface area contributed by atoms with Gasteiger partial charge in [0.1, 0.15) is 0 Å². The molecule has 0 aliphatic carbocycles. The molecule has 3 rings (SSSR count). The quantitative estimate of drug-likeness (QED) is 0.703. The van der Waals surface area contributed by atoms with Gasteiger partial charge < -0.3 is 15.3 Å². The molecule has 7 heteroatoms. The van der Waals surface area contributed by atoms with Gasteiger partial charge in [0.2, 0.25) is 12.3 Å². The Bertz CT molecular complexity index is 827. The average Bonchev–Trinajstić information content (AvgIpc) is 3.30. The van der Waals surface area contributed by atoms with E-state index in [1.165, 1.54) is 10.4 Å². The van der Waals surface area contributed by atoms with Crippen molar-refractivity contribution in [3.05, 3.63) is 41.0 Å². The van der Waals surface area contributed by atoms with Crippen LogP contribution in [0.2, 0.25) is 0 Å². The molecule has 1 aromatic carbocycles. The Kier molecular flexibility index (Phi) is 8.55. The van der Waals surface area contributed by atoms with Crippen LogP contribution in [0.3, 0.4) is 0 Å². The number of likely N-dealkylation sites (tertiary alicyclic amines) is 1. The van der Waals surface area contributed by atoms with Crippen LogP contribution in [0.25, 0.3) is 10.4 Å².